The van der Waals surface area contributed by atoms with Crippen LogP contribution in [0.1, 0.15) is 20.8 Å². The van der Waals surface area contributed by atoms with Crippen molar-refractivity contribution in [3.05, 3.63) is 0 Å². The normalized spacial score (nSPS) is 16.1. The number of carboxylic acid groups (broad SMARTS) is 1. The SMILES string of the molecule is CC(=O)C(O)(C(=O)[O-])C(C)C. The highest BCUT2D eigenvalue weighted by Crippen LogP contribution is 2.16. The highest BCUT2D eigenvalue weighted by atomic mass is 16.4. The summed E-state index contributed by atoms with van der Waals surface area (Å²) in [5.41, 5.74) is -2.33. The van der Waals surface area contributed by atoms with Crippen molar-refractivity contribution in [2.45, 2.75) is 26.4 Å². The number of hydrogen-bond donors (Lipinski definition) is 1. The van der Waals surface area contributed by atoms with Crippen LogP contribution in [0.25, 0.3) is 0 Å². The van der Waals surface area contributed by atoms with E-state index in [0.717, 1.165) is 6.92 Å². The van der Waals surface area contributed by atoms with Crippen LogP contribution in [-0.2, 0) is 9.59 Å². The number of carboxylic acids is 1. The Kier molecular flexibility index (Phi) is 2.76. The third-order valence-electron chi connectivity index (χ3n) is 1.68. The van der Waals surface area contributed by atoms with E-state index in [4.69, 9.17) is 0 Å². The molecule has 0 spiro atoms. The lowest BCUT2D eigenvalue weighted by Crippen LogP contribution is -2.56. The predicted molar refractivity (Wildman–Crippen MR) is 35.5 cm³/mol. The first-order valence-electron chi connectivity index (χ1n) is 3.28. The molecule has 0 bridgehead atoms. The minimum absolute atomic E-state index is 0.676. The average molecular weight is 159 g/mol. The van der Waals surface area contributed by atoms with Crippen molar-refractivity contribution in [3.8, 4) is 0 Å². The number of aliphatic hydroxyl groups is 1. The Balaban J connectivity index is 4.82. The summed E-state index contributed by atoms with van der Waals surface area (Å²) >= 11 is 0. The van der Waals surface area contributed by atoms with Gasteiger partial charge in [0.1, 0.15) is 0 Å². The van der Waals surface area contributed by atoms with Gasteiger partial charge >= 0.3 is 0 Å². The Morgan fingerprint density at radius 3 is 1.82 bits per heavy atom. The van der Waals surface area contributed by atoms with Gasteiger partial charge in [-0.2, -0.15) is 0 Å². The fourth-order valence-corrected chi connectivity index (χ4v) is 0.786. The van der Waals surface area contributed by atoms with Gasteiger partial charge in [0.05, 0.1) is 5.97 Å². The van der Waals surface area contributed by atoms with Crippen molar-refractivity contribution in [2.24, 2.45) is 5.92 Å². The standard InChI is InChI=1S/C7H12O4/c1-4(2)7(11,5(3)8)6(9)10/h4,11H,1-3H3,(H,9,10)/p-1. The Labute approximate surface area is 64.8 Å². The van der Waals surface area contributed by atoms with Crippen molar-refractivity contribution in [3.63, 3.8) is 0 Å². The van der Waals surface area contributed by atoms with Gasteiger partial charge in [0.25, 0.3) is 0 Å². The molecule has 0 fully saturated rings. The van der Waals surface area contributed by atoms with Crippen LogP contribution >= 0.6 is 0 Å². The molecule has 4 heteroatoms. The van der Waals surface area contributed by atoms with Gasteiger partial charge in [-0.05, 0) is 12.8 Å². The van der Waals surface area contributed by atoms with Gasteiger partial charge in [0, 0.05) is 0 Å². The van der Waals surface area contributed by atoms with E-state index in [1.165, 1.54) is 13.8 Å². The molecule has 1 unspecified atom stereocenters. The summed E-state index contributed by atoms with van der Waals surface area (Å²) in [6, 6.07) is 0. The maximum atomic E-state index is 10.7. The van der Waals surface area contributed by atoms with E-state index in [1.54, 1.807) is 0 Å². The highest BCUT2D eigenvalue weighted by molar-refractivity contribution is 6.04. The van der Waals surface area contributed by atoms with Gasteiger partial charge in [-0.15, -0.1) is 0 Å². The van der Waals surface area contributed by atoms with Gasteiger partial charge in [-0.1, -0.05) is 13.8 Å². The third kappa shape index (κ3) is 1.57. The van der Waals surface area contributed by atoms with E-state index in [2.05, 4.69) is 0 Å². The molecule has 0 saturated heterocycles. The van der Waals surface area contributed by atoms with Crippen molar-refractivity contribution in [1.82, 2.24) is 0 Å². The number of rotatable bonds is 3. The monoisotopic (exact) mass is 159 g/mol. The van der Waals surface area contributed by atoms with Crippen LogP contribution in [0, 0.1) is 5.92 Å². The molecule has 0 heterocycles. The summed E-state index contributed by atoms with van der Waals surface area (Å²) in [5.74, 6) is -3.21. The van der Waals surface area contributed by atoms with E-state index in [9.17, 15) is 19.8 Å². The zero-order valence-corrected chi connectivity index (χ0v) is 6.75. The molecule has 0 rings (SSSR count). The topological polar surface area (TPSA) is 77.4 Å². The van der Waals surface area contributed by atoms with Gasteiger partial charge in [-0.25, -0.2) is 0 Å². The van der Waals surface area contributed by atoms with Crippen LogP contribution < -0.4 is 5.11 Å². The van der Waals surface area contributed by atoms with Gasteiger partial charge < -0.3 is 15.0 Å². The van der Waals surface area contributed by atoms with Crippen LogP contribution in [0.2, 0.25) is 0 Å². The van der Waals surface area contributed by atoms with E-state index in [-0.39, 0.29) is 0 Å². The second-order valence-corrected chi connectivity index (χ2v) is 2.76. The van der Waals surface area contributed by atoms with Crippen LogP contribution in [-0.4, -0.2) is 22.5 Å². The van der Waals surface area contributed by atoms with Crippen molar-refractivity contribution in [2.75, 3.05) is 0 Å². The first kappa shape index (κ1) is 10.1. The average Bonchev–Trinajstić information content (AvgIpc) is 1.84. The molecule has 64 valence electrons. The molecule has 0 aromatic heterocycles. The van der Waals surface area contributed by atoms with Crippen molar-refractivity contribution in [1.29, 1.82) is 0 Å². The van der Waals surface area contributed by atoms with Gasteiger partial charge in [-0.3, -0.25) is 4.79 Å². The molecule has 11 heavy (non-hydrogen) atoms. The Hall–Kier alpha value is -0.900. The largest absolute Gasteiger partial charge is 0.546 e. The maximum absolute atomic E-state index is 10.7. The van der Waals surface area contributed by atoms with E-state index in [0.29, 0.717) is 0 Å². The minimum Gasteiger partial charge on any atom is -0.546 e. The van der Waals surface area contributed by atoms with Crippen molar-refractivity contribution < 1.29 is 19.8 Å². The van der Waals surface area contributed by atoms with E-state index in [1.807, 2.05) is 0 Å². The lowest BCUT2D eigenvalue weighted by molar-refractivity contribution is -0.324. The lowest BCUT2D eigenvalue weighted by atomic mass is 9.87. The molecule has 0 radical (unpaired) electrons. The summed E-state index contributed by atoms with van der Waals surface area (Å²) in [4.78, 5) is 21.0. The fourth-order valence-electron chi connectivity index (χ4n) is 0.786. The molecule has 0 saturated carbocycles. The highest BCUT2D eigenvalue weighted by Gasteiger charge is 2.37. The minimum atomic E-state index is -2.33. The number of ketones is 1. The van der Waals surface area contributed by atoms with E-state index < -0.39 is 23.3 Å². The first-order chi connectivity index (χ1) is 4.83. The molecule has 1 atom stereocenters. The second-order valence-electron chi connectivity index (χ2n) is 2.76. The summed E-state index contributed by atoms with van der Waals surface area (Å²) in [6.45, 7) is 3.91. The number of carbonyl (C=O) groups excluding carboxylic acids is 2. The molecular formula is C7H11O4-. The number of hydrogen-bond acceptors (Lipinski definition) is 4. The predicted octanol–water partition coefficient (Wildman–Crippen LogP) is -1.29. The Morgan fingerprint density at radius 2 is 1.82 bits per heavy atom. The van der Waals surface area contributed by atoms with Gasteiger partial charge in [0.15, 0.2) is 11.4 Å². The Morgan fingerprint density at radius 1 is 1.45 bits per heavy atom. The molecule has 0 amide bonds. The zero-order chi connectivity index (χ0) is 9.23. The maximum Gasteiger partial charge on any atom is 0.167 e. The van der Waals surface area contributed by atoms with Gasteiger partial charge in [0.2, 0.25) is 0 Å². The molecule has 0 aliphatic rings. The van der Waals surface area contributed by atoms with Crippen LogP contribution in [0.4, 0.5) is 0 Å². The van der Waals surface area contributed by atoms with Crippen LogP contribution in [0.5, 0.6) is 0 Å². The zero-order valence-electron chi connectivity index (χ0n) is 6.75. The second kappa shape index (κ2) is 3.00. The summed E-state index contributed by atoms with van der Waals surface area (Å²) in [7, 11) is 0. The smallest absolute Gasteiger partial charge is 0.167 e. The van der Waals surface area contributed by atoms with Crippen LogP contribution in [0.3, 0.4) is 0 Å². The number of aliphatic carboxylic acids is 1. The first-order valence-corrected chi connectivity index (χ1v) is 3.28. The Bertz CT molecular complexity index is 169. The molecule has 0 aromatic carbocycles. The molecule has 0 aliphatic carbocycles. The molecule has 1 N–H and O–H groups in total. The number of carbonyl (C=O) groups is 2. The molecule has 4 nitrogen and oxygen atoms in total. The fraction of sp³-hybridized carbons (Fsp3) is 0.714. The lowest BCUT2D eigenvalue weighted by Gasteiger charge is -2.29. The molecule has 0 aromatic rings. The summed E-state index contributed by atoms with van der Waals surface area (Å²) in [6.07, 6.45) is 0. The molecular weight excluding hydrogens is 148 g/mol. The van der Waals surface area contributed by atoms with Crippen LogP contribution in [0.15, 0.2) is 0 Å². The number of Topliss-reactive ketones (excluding diaryl/α,β-unsaturated/α-hetero) is 1. The molecule has 0 aliphatic heterocycles. The van der Waals surface area contributed by atoms with E-state index >= 15 is 0 Å². The quantitative estimate of drug-likeness (QED) is 0.520. The third-order valence-corrected chi connectivity index (χ3v) is 1.68. The summed E-state index contributed by atoms with van der Waals surface area (Å²) < 4.78 is 0. The van der Waals surface area contributed by atoms with Crippen molar-refractivity contribution >= 4 is 11.8 Å². The summed E-state index contributed by atoms with van der Waals surface area (Å²) in [5, 5.41) is 19.6.